The van der Waals surface area contributed by atoms with Crippen molar-refractivity contribution in [3.63, 3.8) is 0 Å². The fourth-order valence-electron chi connectivity index (χ4n) is 1.97. The second-order valence-electron chi connectivity index (χ2n) is 3.87. The van der Waals surface area contributed by atoms with Gasteiger partial charge in [0.25, 0.3) is 0 Å². The molecule has 1 heterocycles. The van der Waals surface area contributed by atoms with E-state index in [1.807, 2.05) is 36.4 Å². The molecule has 82 valence electrons. The zero-order valence-electron chi connectivity index (χ0n) is 8.85. The molecule has 3 aromatic rings. The number of benzene rings is 2. The Morgan fingerprint density at radius 2 is 1.88 bits per heavy atom. The predicted molar refractivity (Wildman–Crippen MR) is 77.4 cm³/mol. The molecule has 0 atom stereocenters. The topological polar surface area (TPSA) is 30.0 Å². The van der Waals surface area contributed by atoms with Crippen molar-refractivity contribution < 1.29 is 4.79 Å². The molecule has 0 aliphatic rings. The van der Waals surface area contributed by atoms with E-state index in [2.05, 4.69) is 33.6 Å². The summed E-state index contributed by atoms with van der Waals surface area (Å²) in [7, 11) is 0. The summed E-state index contributed by atoms with van der Waals surface area (Å²) in [5.41, 5.74) is 2.35. The van der Waals surface area contributed by atoms with Crippen molar-refractivity contribution in [1.29, 1.82) is 0 Å². The number of aromatic nitrogens is 1. The van der Waals surface area contributed by atoms with E-state index in [4.69, 9.17) is 0 Å². The molecule has 3 heteroatoms. The Labute approximate surface area is 112 Å². The number of carbonyl (C=O) groups is 1. The zero-order valence-corrected chi connectivity index (χ0v) is 11.0. The van der Waals surface area contributed by atoms with Crippen LogP contribution in [0.1, 0.15) is 10.4 Å². The third-order valence-electron chi connectivity index (χ3n) is 2.74. The highest BCUT2D eigenvalue weighted by Gasteiger charge is 2.05. The minimum absolute atomic E-state index is 0.651. The van der Waals surface area contributed by atoms with E-state index in [9.17, 15) is 4.79 Å². The average Bonchev–Trinajstić information content (AvgIpc) is 2.35. The van der Waals surface area contributed by atoms with E-state index in [1.165, 1.54) is 0 Å². The van der Waals surface area contributed by atoms with Gasteiger partial charge in [-0.25, -0.2) is 4.98 Å². The molecule has 0 aliphatic heterocycles. The number of aldehydes is 1. The van der Waals surface area contributed by atoms with Crippen LogP contribution in [0.3, 0.4) is 0 Å². The smallest absolute Gasteiger partial charge is 0.152 e. The molecule has 0 amide bonds. The molecule has 0 N–H and O–H groups in total. The van der Waals surface area contributed by atoms with E-state index in [-0.39, 0.29) is 0 Å². The summed E-state index contributed by atoms with van der Waals surface area (Å²) in [6.45, 7) is 0. The molecule has 0 aliphatic carbocycles. The van der Waals surface area contributed by atoms with Gasteiger partial charge >= 0.3 is 0 Å². The second-order valence-corrected chi connectivity index (χ2v) is 5.11. The van der Waals surface area contributed by atoms with Crippen LogP contribution in [0, 0.1) is 3.57 Å². The maximum Gasteiger partial charge on any atom is 0.152 e. The third kappa shape index (κ3) is 1.80. The third-order valence-corrected chi connectivity index (χ3v) is 3.36. The lowest BCUT2D eigenvalue weighted by atomic mass is 10.1. The van der Waals surface area contributed by atoms with Gasteiger partial charge in [-0.05, 0) is 46.9 Å². The average molecular weight is 333 g/mol. The molecule has 1 aromatic heterocycles. The number of carbonyl (C=O) groups excluding carboxylic acids is 1. The number of para-hydroxylation sites is 1. The molecule has 0 saturated carbocycles. The molecule has 0 unspecified atom stereocenters. The lowest BCUT2D eigenvalue weighted by Crippen LogP contribution is -1.90. The Kier molecular flexibility index (Phi) is 2.55. The van der Waals surface area contributed by atoms with Gasteiger partial charge in [-0.15, -0.1) is 0 Å². The van der Waals surface area contributed by atoms with Crippen LogP contribution in [0.5, 0.6) is 0 Å². The first kappa shape index (κ1) is 10.7. The molecule has 17 heavy (non-hydrogen) atoms. The van der Waals surface area contributed by atoms with Crippen LogP contribution in [0.25, 0.3) is 21.8 Å². The zero-order chi connectivity index (χ0) is 11.8. The maximum absolute atomic E-state index is 11.1. The lowest BCUT2D eigenvalue weighted by Gasteiger charge is -2.04. The van der Waals surface area contributed by atoms with E-state index < -0.39 is 0 Å². The number of hydrogen-bond donors (Lipinski definition) is 0. The van der Waals surface area contributed by atoms with Crippen molar-refractivity contribution in [1.82, 2.24) is 4.98 Å². The van der Waals surface area contributed by atoms with Gasteiger partial charge < -0.3 is 0 Å². The standard InChI is InChI=1S/C14H8INO/c15-12-6-10-5-9-3-1-2-4-13(9)16-14(10)11(7-12)8-17/h1-8H. The monoisotopic (exact) mass is 333 g/mol. The molecule has 2 nitrogen and oxygen atoms in total. The van der Waals surface area contributed by atoms with Crippen LogP contribution in [0.15, 0.2) is 42.5 Å². The van der Waals surface area contributed by atoms with Gasteiger partial charge in [0, 0.05) is 19.9 Å². The summed E-state index contributed by atoms with van der Waals surface area (Å²) in [6, 6.07) is 13.9. The van der Waals surface area contributed by atoms with Crippen molar-refractivity contribution in [2.24, 2.45) is 0 Å². The molecule has 0 fully saturated rings. The Hall–Kier alpha value is -1.49. The molecule has 0 bridgehead atoms. The molecule has 0 saturated heterocycles. The maximum atomic E-state index is 11.1. The SMILES string of the molecule is O=Cc1cc(I)cc2cc3ccccc3nc12. The van der Waals surface area contributed by atoms with E-state index in [0.717, 1.165) is 31.7 Å². The second kappa shape index (κ2) is 4.07. The van der Waals surface area contributed by atoms with Crippen molar-refractivity contribution in [2.75, 3.05) is 0 Å². The van der Waals surface area contributed by atoms with Gasteiger partial charge in [0.05, 0.1) is 11.0 Å². The van der Waals surface area contributed by atoms with E-state index in [0.29, 0.717) is 5.56 Å². The van der Waals surface area contributed by atoms with Gasteiger partial charge in [0.2, 0.25) is 0 Å². The number of fused-ring (bicyclic) bond motifs is 2. The summed E-state index contributed by atoms with van der Waals surface area (Å²) in [4.78, 5) is 15.6. The molecule has 0 spiro atoms. The highest BCUT2D eigenvalue weighted by Crippen LogP contribution is 2.23. The lowest BCUT2D eigenvalue weighted by molar-refractivity contribution is 0.112. The van der Waals surface area contributed by atoms with Crippen LogP contribution in [-0.2, 0) is 0 Å². The van der Waals surface area contributed by atoms with Gasteiger partial charge in [0.1, 0.15) is 0 Å². The number of hydrogen-bond acceptors (Lipinski definition) is 2. The van der Waals surface area contributed by atoms with Gasteiger partial charge in [-0.1, -0.05) is 18.2 Å². The minimum Gasteiger partial charge on any atom is -0.298 e. The Balaban J connectivity index is 2.51. The summed E-state index contributed by atoms with van der Waals surface area (Å²) in [5.74, 6) is 0. The van der Waals surface area contributed by atoms with Crippen molar-refractivity contribution in [3.8, 4) is 0 Å². The van der Waals surface area contributed by atoms with Crippen LogP contribution in [0.2, 0.25) is 0 Å². The number of pyridine rings is 1. The number of halogens is 1. The van der Waals surface area contributed by atoms with Crippen LogP contribution >= 0.6 is 22.6 Å². The first-order chi connectivity index (χ1) is 8.28. The van der Waals surface area contributed by atoms with E-state index >= 15 is 0 Å². The Morgan fingerprint density at radius 3 is 2.71 bits per heavy atom. The van der Waals surface area contributed by atoms with Crippen LogP contribution in [-0.4, -0.2) is 11.3 Å². The number of nitrogens with zero attached hydrogens (tertiary/aromatic N) is 1. The quantitative estimate of drug-likeness (QED) is 0.385. The molecular weight excluding hydrogens is 325 g/mol. The minimum atomic E-state index is 0.651. The van der Waals surface area contributed by atoms with Gasteiger partial charge in [-0.2, -0.15) is 0 Å². The Bertz CT molecular complexity index is 737. The van der Waals surface area contributed by atoms with Crippen LogP contribution in [0.4, 0.5) is 0 Å². The highest BCUT2D eigenvalue weighted by molar-refractivity contribution is 14.1. The molecule has 0 radical (unpaired) electrons. The van der Waals surface area contributed by atoms with Crippen molar-refractivity contribution in [2.45, 2.75) is 0 Å². The normalized spacial score (nSPS) is 10.9. The summed E-state index contributed by atoms with van der Waals surface area (Å²) in [6.07, 6.45) is 0.867. The first-order valence-corrected chi connectivity index (χ1v) is 6.30. The molecular formula is C14H8INO. The van der Waals surface area contributed by atoms with Crippen molar-refractivity contribution >= 4 is 50.7 Å². The first-order valence-electron chi connectivity index (χ1n) is 5.22. The molecule has 3 rings (SSSR count). The predicted octanol–water partition coefficient (Wildman–Crippen LogP) is 3.81. The summed E-state index contributed by atoms with van der Waals surface area (Å²) >= 11 is 2.21. The fraction of sp³-hybridized carbons (Fsp3) is 0. The summed E-state index contributed by atoms with van der Waals surface area (Å²) < 4.78 is 1.05. The fourth-order valence-corrected chi connectivity index (χ4v) is 2.64. The highest BCUT2D eigenvalue weighted by atomic mass is 127. The Morgan fingerprint density at radius 1 is 1.06 bits per heavy atom. The van der Waals surface area contributed by atoms with Crippen molar-refractivity contribution in [3.05, 3.63) is 51.6 Å². The largest absolute Gasteiger partial charge is 0.298 e. The number of rotatable bonds is 1. The van der Waals surface area contributed by atoms with E-state index in [1.54, 1.807) is 0 Å². The summed E-state index contributed by atoms with van der Waals surface area (Å²) in [5, 5.41) is 2.11. The van der Waals surface area contributed by atoms with Gasteiger partial charge in [-0.3, -0.25) is 4.79 Å². The molecule has 2 aromatic carbocycles. The van der Waals surface area contributed by atoms with Crippen LogP contribution < -0.4 is 0 Å². The van der Waals surface area contributed by atoms with Gasteiger partial charge in [0.15, 0.2) is 6.29 Å².